The molecule has 0 aromatic heterocycles. The Morgan fingerprint density at radius 2 is 1.50 bits per heavy atom. The SMILES string of the molecule is CC(C)(C)OC(=O)NCC(=O)Nc1ccc(NC(=O)c2ccccc2Cl)cc1. The molecule has 0 saturated heterocycles. The van der Waals surface area contributed by atoms with Crippen LogP contribution in [0.1, 0.15) is 31.1 Å². The summed E-state index contributed by atoms with van der Waals surface area (Å²) in [5.41, 5.74) is 0.807. The number of hydrogen-bond donors (Lipinski definition) is 3. The molecule has 8 heteroatoms. The van der Waals surface area contributed by atoms with Crippen molar-refractivity contribution in [2.75, 3.05) is 17.2 Å². The van der Waals surface area contributed by atoms with Gasteiger partial charge in [-0.05, 0) is 57.2 Å². The van der Waals surface area contributed by atoms with Gasteiger partial charge in [-0.15, -0.1) is 0 Å². The van der Waals surface area contributed by atoms with Crippen molar-refractivity contribution >= 4 is 40.9 Å². The van der Waals surface area contributed by atoms with Crippen molar-refractivity contribution < 1.29 is 19.1 Å². The van der Waals surface area contributed by atoms with E-state index in [1.165, 1.54) is 0 Å². The monoisotopic (exact) mass is 403 g/mol. The molecule has 0 unspecified atom stereocenters. The van der Waals surface area contributed by atoms with E-state index in [2.05, 4.69) is 16.0 Å². The van der Waals surface area contributed by atoms with Crippen LogP contribution in [0.3, 0.4) is 0 Å². The van der Waals surface area contributed by atoms with E-state index in [-0.39, 0.29) is 12.5 Å². The largest absolute Gasteiger partial charge is 0.444 e. The number of halogens is 1. The lowest BCUT2D eigenvalue weighted by Crippen LogP contribution is -2.37. The van der Waals surface area contributed by atoms with Gasteiger partial charge in [0.05, 0.1) is 10.6 Å². The second-order valence-electron chi connectivity index (χ2n) is 6.91. The van der Waals surface area contributed by atoms with E-state index < -0.39 is 17.6 Å². The van der Waals surface area contributed by atoms with Crippen LogP contribution in [0.2, 0.25) is 5.02 Å². The maximum atomic E-state index is 12.2. The Labute approximate surface area is 168 Å². The van der Waals surface area contributed by atoms with Gasteiger partial charge in [0.2, 0.25) is 5.91 Å². The highest BCUT2D eigenvalue weighted by Crippen LogP contribution is 2.18. The number of hydrogen-bond acceptors (Lipinski definition) is 4. The third kappa shape index (κ3) is 6.92. The van der Waals surface area contributed by atoms with Gasteiger partial charge in [0.1, 0.15) is 12.1 Å². The summed E-state index contributed by atoms with van der Waals surface area (Å²) in [5, 5.41) is 8.11. The molecule has 0 saturated carbocycles. The van der Waals surface area contributed by atoms with E-state index in [4.69, 9.17) is 16.3 Å². The molecular formula is C20H22ClN3O4. The topological polar surface area (TPSA) is 96.5 Å². The average molecular weight is 404 g/mol. The minimum Gasteiger partial charge on any atom is -0.444 e. The molecule has 3 N–H and O–H groups in total. The lowest BCUT2D eigenvalue weighted by molar-refractivity contribution is -0.115. The highest BCUT2D eigenvalue weighted by molar-refractivity contribution is 6.34. The first-order valence-electron chi connectivity index (χ1n) is 8.57. The number of nitrogens with one attached hydrogen (secondary N) is 3. The van der Waals surface area contributed by atoms with E-state index in [0.29, 0.717) is 22.0 Å². The summed E-state index contributed by atoms with van der Waals surface area (Å²) in [6.45, 7) is 4.98. The van der Waals surface area contributed by atoms with Gasteiger partial charge in [0.15, 0.2) is 0 Å². The number of rotatable bonds is 5. The molecule has 148 valence electrons. The van der Waals surface area contributed by atoms with E-state index in [1.54, 1.807) is 69.3 Å². The molecule has 28 heavy (non-hydrogen) atoms. The van der Waals surface area contributed by atoms with Crippen molar-refractivity contribution in [1.29, 1.82) is 0 Å². The van der Waals surface area contributed by atoms with Gasteiger partial charge in [0.25, 0.3) is 5.91 Å². The Morgan fingerprint density at radius 1 is 0.929 bits per heavy atom. The first kappa shape index (κ1) is 21.2. The summed E-state index contributed by atoms with van der Waals surface area (Å²) >= 11 is 6.01. The van der Waals surface area contributed by atoms with E-state index in [1.807, 2.05) is 0 Å². The Hall–Kier alpha value is -3.06. The zero-order valence-electron chi connectivity index (χ0n) is 15.8. The molecule has 0 aliphatic rings. The molecule has 0 atom stereocenters. The van der Waals surface area contributed by atoms with E-state index >= 15 is 0 Å². The number of amides is 3. The summed E-state index contributed by atoms with van der Waals surface area (Å²) in [7, 11) is 0. The summed E-state index contributed by atoms with van der Waals surface area (Å²) < 4.78 is 5.06. The molecule has 2 aromatic rings. The van der Waals surface area contributed by atoms with Crippen molar-refractivity contribution in [3.8, 4) is 0 Å². The molecule has 0 radical (unpaired) electrons. The quantitative estimate of drug-likeness (QED) is 0.701. The van der Waals surface area contributed by atoms with Crippen LogP contribution in [0.15, 0.2) is 48.5 Å². The summed E-state index contributed by atoms with van der Waals surface area (Å²) in [4.78, 5) is 35.7. The second-order valence-corrected chi connectivity index (χ2v) is 7.32. The number of carbonyl (C=O) groups is 3. The summed E-state index contributed by atoms with van der Waals surface area (Å²) in [5.74, 6) is -0.734. The maximum Gasteiger partial charge on any atom is 0.408 e. The van der Waals surface area contributed by atoms with Gasteiger partial charge < -0.3 is 20.7 Å². The molecular weight excluding hydrogens is 382 g/mol. The second kappa shape index (κ2) is 9.23. The van der Waals surface area contributed by atoms with Gasteiger partial charge >= 0.3 is 6.09 Å². The van der Waals surface area contributed by atoms with Crippen molar-refractivity contribution in [3.63, 3.8) is 0 Å². The first-order valence-corrected chi connectivity index (χ1v) is 8.94. The van der Waals surface area contributed by atoms with Crippen LogP contribution >= 0.6 is 11.6 Å². The van der Waals surface area contributed by atoms with Crippen LogP contribution in [0.5, 0.6) is 0 Å². The van der Waals surface area contributed by atoms with E-state index in [9.17, 15) is 14.4 Å². The molecule has 2 aromatic carbocycles. The molecule has 3 amide bonds. The molecule has 0 aliphatic carbocycles. The minimum atomic E-state index is -0.666. The zero-order valence-corrected chi connectivity index (χ0v) is 16.6. The molecule has 0 aliphatic heterocycles. The molecule has 7 nitrogen and oxygen atoms in total. The molecule has 0 spiro atoms. The van der Waals surface area contributed by atoms with Gasteiger partial charge in [-0.1, -0.05) is 23.7 Å². The minimum absolute atomic E-state index is 0.222. The highest BCUT2D eigenvalue weighted by atomic mass is 35.5. The maximum absolute atomic E-state index is 12.2. The van der Waals surface area contributed by atoms with Gasteiger partial charge in [0, 0.05) is 11.4 Å². The predicted molar refractivity (Wildman–Crippen MR) is 109 cm³/mol. The Kier molecular flexibility index (Phi) is 7.00. The zero-order chi connectivity index (χ0) is 20.7. The third-order valence-corrected chi connectivity index (χ3v) is 3.67. The van der Waals surface area contributed by atoms with Crippen LogP contribution in [0.4, 0.5) is 16.2 Å². The van der Waals surface area contributed by atoms with Crippen molar-refractivity contribution in [2.45, 2.75) is 26.4 Å². The number of carbonyl (C=O) groups excluding carboxylic acids is 3. The van der Waals surface area contributed by atoms with Crippen LogP contribution in [-0.4, -0.2) is 30.1 Å². The van der Waals surface area contributed by atoms with E-state index in [0.717, 1.165) is 0 Å². The van der Waals surface area contributed by atoms with Crippen LogP contribution in [-0.2, 0) is 9.53 Å². The fourth-order valence-electron chi connectivity index (χ4n) is 2.15. The smallest absolute Gasteiger partial charge is 0.408 e. The number of anilines is 2. The lowest BCUT2D eigenvalue weighted by Gasteiger charge is -2.19. The predicted octanol–water partition coefficient (Wildman–Crippen LogP) is 4.06. The van der Waals surface area contributed by atoms with Crippen molar-refractivity contribution in [3.05, 3.63) is 59.1 Å². The Balaban J connectivity index is 1.85. The van der Waals surface area contributed by atoms with Crippen LogP contribution in [0.25, 0.3) is 0 Å². The van der Waals surface area contributed by atoms with Crippen LogP contribution in [0, 0.1) is 0 Å². The molecule has 2 rings (SSSR count). The first-order chi connectivity index (χ1) is 13.1. The fraction of sp³-hybridized carbons (Fsp3) is 0.250. The average Bonchev–Trinajstić information content (AvgIpc) is 2.60. The standard InChI is InChI=1S/C20H22ClN3O4/c1-20(2,3)28-19(27)22-12-17(25)23-13-8-10-14(11-9-13)24-18(26)15-6-4-5-7-16(15)21/h4-11H,12H2,1-3H3,(H,22,27)(H,23,25)(H,24,26). The van der Waals surface area contributed by atoms with Gasteiger partial charge in [-0.25, -0.2) is 4.79 Å². The number of benzene rings is 2. The van der Waals surface area contributed by atoms with Crippen molar-refractivity contribution in [1.82, 2.24) is 5.32 Å². The number of alkyl carbamates (subject to hydrolysis) is 1. The third-order valence-electron chi connectivity index (χ3n) is 3.34. The van der Waals surface area contributed by atoms with Gasteiger partial charge in [-0.3, -0.25) is 9.59 Å². The highest BCUT2D eigenvalue weighted by Gasteiger charge is 2.16. The summed E-state index contributed by atoms with van der Waals surface area (Å²) in [6, 6.07) is 13.3. The fourth-order valence-corrected chi connectivity index (χ4v) is 2.37. The molecule has 0 fully saturated rings. The normalized spacial score (nSPS) is 10.7. The van der Waals surface area contributed by atoms with Crippen molar-refractivity contribution in [2.24, 2.45) is 0 Å². The summed E-state index contributed by atoms with van der Waals surface area (Å²) in [6.07, 6.45) is -0.666. The Bertz CT molecular complexity index is 860. The number of ether oxygens (including phenoxy) is 1. The lowest BCUT2D eigenvalue weighted by atomic mass is 10.2. The van der Waals surface area contributed by atoms with Gasteiger partial charge in [-0.2, -0.15) is 0 Å². The van der Waals surface area contributed by atoms with Crippen LogP contribution < -0.4 is 16.0 Å². The molecule has 0 bridgehead atoms. The molecule has 0 heterocycles. The Morgan fingerprint density at radius 3 is 2.07 bits per heavy atom.